The Kier molecular flexibility index (Phi) is 2.33. The van der Waals surface area contributed by atoms with Crippen LogP contribution in [-0.2, 0) is 0 Å². The van der Waals surface area contributed by atoms with E-state index in [1.807, 2.05) is 0 Å². The zero-order valence-electron chi connectivity index (χ0n) is 6.54. The molecule has 1 aromatic heterocycles. The van der Waals surface area contributed by atoms with Crippen molar-refractivity contribution < 1.29 is 9.18 Å². The van der Waals surface area contributed by atoms with Crippen LogP contribution in [0.25, 0.3) is 0 Å². The van der Waals surface area contributed by atoms with Crippen molar-refractivity contribution in [1.29, 1.82) is 0 Å². The van der Waals surface area contributed by atoms with Gasteiger partial charge in [0.25, 0.3) is 5.91 Å². The van der Waals surface area contributed by atoms with Crippen LogP contribution in [0.5, 0.6) is 0 Å². The fourth-order valence-corrected chi connectivity index (χ4v) is 2.25. The predicted octanol–water partition coefficient (Wildman–Crippen LogP) is 1.70. The summed E-state index contributed by atoms with van der Waals surface area (Å²) in [7, 11) is 0. The van der Waals surface area contributed by atoms with E-state index < -0.39 is 6.17 Å². The molecular formula is C7H6BrFN2OS. The fourth-order valence-electron chi connectivity index (χ4n) is 1.08. The lowest BCUT2D eigenvalue weighted by atomic mass is 10.2. The van der Waals surface area contributed by atoms with Gasteiger partial charge in [-0.25, -0.2) is 9.37 Å². The molecular weight excluding hydrogens is 259 g/mol. The van der Waals surface area contributed by atoms with Crippen LogP contribution >= 0.6 is 27.3 Å². The number of carbonyl (C=O) groups is 1. The highest BCUT2D eigenvalue weighted by atomic mass is 79.9. The molecule has 0 bridgehead atoms. The molecule has 0 atom stereocenters. The molecule has 0 radical (unpaired) electrons. The third-order valence-electron chi connectivity index (χ3n) is 1.78. The molecule has 0 spiro atoms. The van der Waals surface area contributed by atoms with Crippen molar-refractivity contribution in [3.8, 4) is 0 Å². The Balaban J connectivity index is 2.06. The Morgan fingerprint density at radius 1 is 1.77 bits per heavy atom. The van der Waals surface area contributed by atoms with Crippen molar-refractivity contribution in [1.82, 2.24) is 9.88 Å². The van der Waals surface area contributed by atoms with Gasteiger partial charge in [-0.3, -0.25) is 4.79 Å². The molecule has 1 saturated heterocycles. The number of rotatable bonds is 1. The van der Waals surface area contributed by atoms with Crippen LogP contribution < -0.4 is 0 Å². The van der Waals surface area contributed by atoms with Crippen LogP contribution in [0.15, 0.2) is 9.98 Å². The van der Waals surface area contributed by atoms with Gasteiger partial charge in [-0.15, -0.1) is 11.3 Å². The molecule has 1 aromatic rings. The van der Waals surface area contributed by atoms with E-state index in [0.29, 0.717) is 5.01 Å². The molecule has 3 nitrogen and oxygen atoms in total. The summed E-state index contributed by atoms with van der Waals surface area (Å²) in [4.78, 5) is 16.8. The molecule has 1 amide bonds. The summed E-state index contributed by atoms with van der Waals surface area (Å²) in [6.07, 6.45) is 0.720. The molecule has 6 heteroatoms. The summed E-state index contributed by atoms with van der Waals surface area (Å²) >= 11 is 4.48. The highest BCUT2D eigenvalue weighted by Crippen LogP contribution is 2.22. The van der Waals surface area contributed by atoms with Crippen LogP contribution in [0.3, 0.4) is 0 Å². The lowest BCUT2D eigenvalue weighted by Gasteiger charge is -2.33. The second-order valence-electron chi connectivity index (χ2n) is 2.78. The standard InChI is InChI=1S/C7H6BrFN2OS/c8-5-1-10-6(13-5)7(12)11-2-4(9)3-11/h1,4H,2-3H2. The van der Waals surface area contributed by atoms with E-state index in [4.69, 9.17) is 0 Å². The number of hydrogen-bond acceptors (Lipinski definition) is 3. The number of carbonyl (C=O) groups excluding carboxylic acids is 1. The first-order valence-corrected chi connectivity index (χ1v) is 5.32. The molecule has 0 aromatic carbocycles. The third-order valence-corrected chi connectivity index (χ3v) is 3.25. The van der Waals surface area contributed by atoms with Gasteiger partial charge in [-0.2, -0.15) is 0 Å². The molecule has 0 N–H and O–H groups in total. The molecule has 2 rings (SSSR count). The van der Waals surface area contributed by atoms with Gasteiger partial charge in [0, 0.05) is 0 Å². The number of hydrogen-bond donors (Lipinski definition) is 0. The summed E-state index contributed by atoms with van der Waals surface area (Å²) in [6, 6.07) is 0. The summed E-state index contributed by atoms with van der Waals surface area (Å²) < 4.78 is 13.2. The monoisotopic (exact) mass is 264 g/mol. The van der Waals surface area contributed by atoms with Gasteiger partial charge in [0.15, 0.2) is 5.01 Å². The maximum Gasteiger partial charge on any atom is 0.283 e. The maximum absolute atomic E-state index is 12.4. The Morgan fingerprint density at radius 3 is 2.92 bits per heavy atom. The van der Waals surface area contributed by atoms with E-state index in [9.17, 15) is 9.18 Å². The SMILES string of the molecule is O=C(c1ncc(Br)s1)N1CC(F)C1. The molecule has 0 aliphatic carbocycles. The molecule has 0 saturated carbocycles. The van der Waals surface area contributed by atoms with Crippen LogP contribution in [0.2, 0.25) is 0 Å². The first-order chi connectivity index (χ1) is 6.16. The normalized spacial score (nSPS) is 17.2. The van der Waals surface area contributed by atoms with Crippen LogP contribution in [-0.4, -0.2) is 35.1 Å². The average molecular weight is 265 g/mol. The number of alkyl halides is 1. The van der Waals surface area contributed by atoms with Crippen molar-refractivity contribution in [3.63, 3.8) is 0 Å². The lowest BCUT2D eigenvalue weighted by molar-refractivity contribution is 0.0400. The Labute approximate surface area is 86.7 Å². The molecule has 1 fully saturated rings. The van der Waals surface area contributed by atoms with E-state index in [2.05, 4.69) is 20.9 Å². The van der Waals surface area contributed by atoms with Crippen LogP contribution in [0.4, 0.5) is 4.39 Å². The minimum Gasteiger partial charge on any atom is -0.331 e. The highest BCUT2D eigenvalue weighted by molar-refractivity contribution is 9.11. The van der Waals surface area contributed by atoms with Gasteiger partial charge >= 0.3 is 0 Å². The van der Waals surface area contributed by atoms with Gasteiger partial charge in [0.05, 0.1) is 23.1 Å². The van der Waals surface area contributed by atoms with E-state index in [0.717, 1.165) is 3.79 Å². The van der Waals surface area contributed by atoms with Gasteiger partial charge in [-0.1, -0.05) is 0 Å². The van der Waals surface area contributed by atoms with Crippen molar-refractivity contribution in [2.75, 3.05) is 13.1 Å². The van der Waals surface area contributed by atoms with Gasteiger partial charge in [0.2, 0.25) is 0 Å². The van der Waals surface area contributed by atoms with E-state index in [-0.39, 0.29) is 19.0 Å². The van der Waals surface area contributed by atoms with Crippen molar-refractivity contribution >= 4 is 33.2 Å². The molecule has 13 heavy (non-hydrogen) atoms. The summed E-state index contributed by atoms with van der Waals surface area (Å²) in [5.41, 5.74) is 0. The molecule has 1 aliphatic heterocycles. The van der Waals surface area contributed by atoms with E-state index in [1.54, 1.807) is 6.20 Å². The highest BCUT2D eigenvalue weighted by Gasteiger charge is 2.32. The Hall–Kier alpha value is -0.490. The minimum atomic E-state index is -0.854. The predicted molar refractivity (Wildman–Crippen MR) is 50.6 cm³/mol. The Morgan fingerprint density at radius 2 is 2.46 bits per heavy atom. The Bertz CT molecular complexity index is 337. The first-order valence-electron chi connectivity index (χ1n) is 3.71. The summed E-state index contributed by atoms with van der Waals surface area (Å²) in [5, 5.41) is 0.416. The zero-order chi connectivity index (χ0) is 9.42. The van der Waals surface area contributed by atoms with E-state index >= 15 is 0 Å². The number of aromatic nitrogens is 1. The third kappa shape index (κ3) is 1.73. The number of thiazole rings is 1. The van der Waals surface area contributed by atoms with Gasteiger partial charge < -0.3 is 4.90 Å². The van der Waals surface area contributed by atoms with Crippen molar-refractivity contribution in [3.05, 3.63) is 15.0 Å². The van der Waals surface area contributed by atoms with Gasteiger partial charge in [-0.05, 0) is 15.9 Å². The first kappa shape index (κ1) is 9.08. The van der Waals surface area contributed by atoms with Crippen LogP contribution in [0, 0.1) is 0 Å². The van der Waals surface area contributed by atoms with Crippen molar-refractivity contribution in [2.24, 2.45) is 0 Å². The summed E-state index contributed by atoms with van der Waals surface area (Å²) in [6.45, 7) is 0.409. The number of likely N-dealkylation sites (tertiary alicyclic amines) is 1. The molecule has 70 valence electrons. The second kappa shape index (κ2) is 3.34. The minimum absolute atomic E-state index is 0.176. The largest absolute Gasteiger partial charge is 0.331 e. The maximum atomic E-state index is 12.4. The topological polar surface area (TPSA) is 33.2 Å². The number of amides is 1. The average Bonchev–Trinajstić information content (AvgIpc) is 2.45. The number of halogens is 2. The number of nitrogens with zero attached hydrogens (tertiary/aromatic N) is 2. The van der Waals surface area contributed by atoms with Gasteiger partial charge in [0.1, 0.15) is 6.17 Å². The fraction of sp³-hybridized carbons (Fsp3) is 0.429. The van der Waals surface area contributed by atoms with Crippen molar-refractivity contribution in [2.45, 2.75) is 6.17 Å². The second-order valence-corrected chi connectivity index (χ2v) is 5.19. The molecule has 1 aliphatic rings. The summed E-state index contributed by atoms with van der Waals surface area (Å²) in [5.74, 6) is -0.176. The zero-order valence-corrected chi connectivity index (χ0v) is 8.94. The smallest absolute Gasteiger partial charge is 0.283 e. The quantitative estimate of drug-likeness (QED) is 0.774. The van der Waals surface area contributed by atoms with E-state index in [1.165, 1.54) is 16.2 Å². The molecule has 0 unspecified atom stereocenters. The molecule has 2 heterocycles. The van der Waals surface area contributed by atoms with Crippen LogP contribution in [0.1, 0.15) is 9.80 Å². The lowest BCUT2D eigenvalue weighted by Crippen LogP contribution is -2.51.